The molecule has 0 aromatic carbocycles. The van der Waals surface area contributed by atoms with Crippen molar-refractivity contribution in [3.63, 3.8) is 0 Å². The Morgan fingerprint density at radius 2 is 2.33 bits per heavy atom. The third kappa shape index (κ3) is 2.18. The standard InChI is InChI=1S/C13H20N4O/c1-8-4-5-13(3,18)10(6-8)11-9(2)7-17(16-11)12(14)15/h4-6,9-10,18H,7H2,1-3H3,(H3,14,15). The van der Waals surface area contributed by atoms with Crippen LogP contribution in [0.15, 0.2) is 28.9 Å². The second kappa shape index (κ2) is 4.24. The highest BCUT2D eigenvalue weighted by Gasteiger charge is 2.39. The van der Waals surface area contributed by atoms with Crippen molar-refractivity contribution in [3.05, 3.63) is 23.8 Å². The van der Waals surface area contributed by atoms with Crippen molar-refractivity contribution in [1.82, 2.24) is 5.01 Å². The van der Waals surface area contributed by atoms with E-state index in [4.69, 9.17) is 11.1 Å². The van der Waals surface area contributed by atoms with Crippen LogP contribution < -0.4 is 5.73 Å². The van der Waals surface area contributed by atoms with Crippen molar-refractivity contribution >= 4 is 11.7 Å². The van der Waals surface area contributed by atoms with E-state index in [0.29, 0.717) is 6.54 Å². The average molecular weight is 248 g/mol. The van der Waals surface area contributed by atoms with Crippen LogP contribution in [0.3, 0.4) is 0 Å². The molecular formula is C13H20N4O. The van der Waals surface area contributed by atoms with Crippen LogP contribution in [0.1, 0.15) is 20.8 Å². The Balaban J connectivity index is 2.33. The van der Waals surface area contributed by atoms with Gasteiger partial charge in [-0.05, 0) is 13.8 Å². The first-order chi connectivity index (χ1) is 8.31. The summed E-state index contributed by atoms with van der Waals surface area (Å²) in [5, 5.41) is 23.7. The van der Waals surface area contributed by atoms with E-state index in [1.165, 1.54) is 5.01 Å². The summed E-state index contributed by atoms with van der Waals surface area (Å²) in [6.07, 6.45) is 5.75. The molecule has 3 unspecified atom stereocenters. The van der Waals surface area contributed by atoms with Crippen LogP contribution in [0.2, 0.25) is 0 Å². The fourth-order valence-corrected chi connectivity index (χ4v) is 2.43. The van der Waals surface area contributed by atoms with Gasteiger partial charge < -0.3 is 10.8 Å². The van der Waals surface area contributed by atoms with Gasteiger partial charge in [0.05, 0.1) is 23.8 Å². The smallest absolute Gasteiger partial charge is 0.209 e. The van der Waals surface area contributed by atoms with Crippen molar-refractivity contribution in [2.24, 2.45) is 22.7 Å². The minimum atomic E-state index is -0.931. The first kappa shape index (κ1) is 12.8. The second-order valence-corrected chi connectivity index (χ2v) is 5.34. The first-order valence-corrected chi connectivity index (χ1v) is 6.11. The van der Waals surface area contributed by atoms with Gasteiger partial charge in [0.15, 0.2) is 0 Å². The lowest BCUT2D eigenvalue weighted by Crippen LogP contribution is -2.40. The van der Waals surface area contributed by atoms with E-state index < -0.39 is 5.60 Å². The summed E-state index contributed by atoms with van der Waals surface area (Å²) in [5.41, 5.74) is 6.53. The molecule has 0 aromatic heterocycles. The molecule has 5 heteroatoms. The molecule has 4 N–H and O–H groups in total. The number of hydrogen-bond donors (Lipinski definition) is 3. The molecule has 18 heavy (non-hydrogen) atoms. The Morgan fingerprint density at radius 3 is 2.89 bits per heavy atom. The highest BCUT2D eigenvalue weighted by Crippen LogP contribution is 2.32. The monoisotopic (exact) mass is 248 g/mol. The molecule has 0 aromatic rings. The van der Waals surface area contributed by atoms with Gasteiger partial charge in [0.1, 0.15) is 0 Å². The van der Waals surface area contributed by atoms with Gasteiger partial charge in [-0.25, -0.2) is 5.01 Å². The van der Waals surface area contributed by atoms with Crippen LogP contribution in [0.5, 0.6) is 0 Å². The third-order valence-corrected chi connectivity index (χ3v) is 3.53. The Hall–Kier alpha value is -1.62. The predicted molar refractivity (Wildman–Crippen MR) is 72.2 cm³/mol. The molecule has 2 rings (SSSR count). The third-order valence-electron chi connectivity index (χ3n) is 3.53. The number of nitrogens with zero attached hydrogens (tertiary/aromatic N) is 2. The number of aliphatic hydroxyl groups is 1. The minimum Gasteiger partial charge on any atom is -0.385 e. The fourth-order valence-electron chi connectivity index (χ4n) is 2.43. The molecule has 3 atom stereocenters. The number of allylic oxidation sites excluding steroid dienone is 2. The summed E-state index contributed by atoms with van der Waals surface area (Å²) < 4.78 is 0. The maximum Gasteiger partial charge on any atom is 0.209 e. The van der Waals surface area contributed by atoms with Crippen molar-refractivity contribution < 1.29 is 5.11 Å². The molecule has 2 aliphatic rings. The summed E-state index contributed by atoms with van der Waals surface area (Å²) in [6.45, 7) is 6.43. The van der Waals surface area contributed by atoms with Crippen molar-refractivity contribution in [2.45, 2.75) is 26.4 Å². The van der Waals surface area contributed by atoms with Crippen LogP contribution in [0.4, 0.5) is 0 Å². The molecule has 1 aliphatic heterocycles. The molecule has 1 aliphatic carbocycles. The molecular weight excluding hydrogens is 228 g/mol. The predicted octanol–water partition coefficient (Wildman–Crippen LogP) is 1.07. The second-order valence-electron chi connectivity index (χ2n) is 5.34. The molecule has 5 nitrogen and oxygen atoms in total. The van der Waals surface area contributed by atoms with Gasteiger partial charge >= 0.3 is 0 Å². The van der Waals surface area contributed by atoms with Gasteiger partial charge in [-0.1, -0.05) is 30.7 Å². The minimum absolute atomic E-state index is 0.0523. The lowest BCUT2D eigenvalue weighted by atomic mass is 9.77. The lowest BCUT2D eigenvalue weighted by molar-refractivity contribution is 0.0889. The van der Waals surface area contributed by atoms with Crippen LogP contribution in [-0.2, 0) is 0 Å². The van der Waals surface area contributed by atoms with Gasteiger partial charge in [0.25, 0.3) is 0 Å². The molecule has 0 bridgehead atoms. The number of nitrogens with one attached hydrogen (secondary N) is 1. The number of hydrogen-bond acceptors (Lipinski definition) is 3. The fraction of sp³-hybridized carbons (Fsp3) is 0.538. The maximum atomic E-state index is 10.4. The molecule has 98 valence electrons. The normalized spacial score (nSPS) is 35.4. The topological polar surface area (TPSA) is 85.7 Å². The van der Waals surface area contributed by atoms with E-state index in [1.807, 2.05) is 26.0 Å². The number of rotatable bonds is 1. The van der Waals surface area contributed by atoms with Gasteiger partial charge in [0, 0.05) is 5.92 Å². The first-order valence-electron chi connectivity index (χ1n) is 6.11. The van der Waals surface area contributed by atoms with E-state index in [1.54, 1.807) is 13.0 Å². The number of guanidine groups is 1. The lowest BCUT2D eigenvalue weighted by Gasteiger charge is -2.32. The zero-order valence-corrected chi connectivity index (χ0v) is 11.0. The molecule has 0 amide bonds. The Morgan fingerprint density at radius 1 is 1.67 bits per heavy atom. The van der Waals surface area contributed by atoms with Gasteiger partial charge in [-0.3, -0.25) is 5.41 Å². The van der Waals surface area contributed by atoms with E-state index in [0.717, 1.165) is 11.3 Å². The van der Waals surface area contributed by atoms with E-state index in [-0.39, 0.29) is 17.8 Å². The SMILES string of the molecule is CC1=CC(C2=NN(C(=N)N)CC2C)C(C)(O)C=C1. The highest BCUT2D eigenvalue weighted by atomic mass is 16.3. The molecule has 0 saturated carbocycles. The molecule has 1 heterocycles. The van der Waals surface area contributed by atoms with E-state index >= 15 is 0 Å². The molecule has 0 saturated heterocycles. The van der Waals surface area contributed by atoms with Crippen LogP contribution in [-0.4, -0.2) is 33.9 Å². The van der Waals surface area contributed by atoms with Gasteiger partial charge in [-0.2, -0.15) is 5.10 Å². The zero-order chi connectivity index (χ0) is 13.5. The highest BCUT2D eigenvalue weighted by molar-refractivity contribution is 5.95. The number of nitrogens with two attached hydrogens (primary N) is 1. The van der Waals surface area contributed by atoms with E-state index in [9.17, 15) is 5.11 Å². The van der Waals surface area contributed by atoms with Crippen molar-refractivity contribution in [2.75, 3.05) is 6.54 Å². The molecule has 0 radical (unpaired) electrons. The van der Waals surface area contributed by atoms with Crippen molar-refractivity contribution in [3.8, 4) is 0 Å². The average Bonchev–Trinajstić information content (AvgIpc) is 2.64. The maximum absolute atomic E-state index is 10.4. The summed E-state index contributed by atoms with van der Waals surface area (Å²) in [6, 6.07) is 0. The molecule has 0 spiro atoms. The summed E-state index contributed by atoms with van der Waals surface area (Å²) in [7, 11) is 0. The summed E-state index contributed by atoms with van der Waals surface area (Å²) in [4.78, 5) is 0. The van der Waals surface area contributed by atoms with Crippen LogP contribution >= 0.6 is 0 Å². The van der Waals surface area contributed by atoms with Crippen LogP contribution in [0, 0.1) is 17.2 Å². The number of hydrazone groups is 1. The largest absolute Gasteiger partial charge is 0.385 e. The van der Waals surface area contributed by atoms with Gasteiger partial charge in [-0.15, -0.1) is 0 Å². The van der Waals surface area contributed by atoms with Crippen LogP contribution in [0.25, 0.3) is 0 Å². The Labute approximate surface area is 107 Å². The molecule has 0 fully saturated rings. The van der Waals surface area contributed by atoms with E-state index in [2.05, 4.69) is 5.10 Å². The van der Waals surface area contributed by atoms with Gasteiger partial charge in [0.2, 0.25) is 5.96 Å². The quantitative estimate of drug-likeness (QED) is 0.479. The Kier molecular flexibility index (Phi) is 3.02. The summed E-state index contributed by atoms with van der Waals surface area (Å²) >= 11 is 0. The van der Waals surface area contributed by atoms with Crippen molar-refractivity contribution in [1.29, 1.82) is 5.41 Å². The summed E-state index contributed by atoms with van der Waals surface area (Å²) in [5.74, 6) is -0.0219. The zero-order valence-electron chi connectivity index (χ0n) is 11.0. The Bertz CT molecular complexity index is 462.